The number of carbonyl (C=O) groups excluding carboxylic acids is 1. The third-order valence-electron chi connectivity index (χ3n) is 4.34. The van der Waals surface area contributed by atoms with Gasteiger partial charge in [0.1, 0.15) is 0 Å². The van der Waals surface area contributed by atoms with E-state index in [2.05, 4.69) is 10.2 Å². The van der Waals surface area contributed by atoms with Crippen LogP contribution < -0.4 is 0 Å². The third kappa shape index (κ3) is 3.32. The van der Waals surface area contributed by atoms with Gasteiger partial charge in [-0.05, 0) is 36.8 Å². The van der Waals surface area contributed by atoms with Gasteiger partial charge in [-0.3, -0.25) is 19.3 Å². The van der Waals surface area contributed by atoms with Crippen molar-refractivity contribution in [2.75, 3.05) is 5.75 Å². The molecule has 0 radical (unpaired) electrons. The molecule has 28 heavy (non-hydrogen) atoms. The minimum absolute atomic E-state index is 0.0882. The maximum Gasteiger partial charge on any atom is 0.270 e. The van der Waals surface area contributed by atoms with E-state index < -0.39 is 4.92 Å². The standard InChI is InChI=1S/C19H13ClN4O3S/c1-11-7-18-21-22-19(23(18)16-6-5-13(20)9-15(11)16)28-10-17(25)12-3-2-4-14(8-12)24(26)27/h2-9H,10H2,1H3. The van der Waals surface area contributed by atoms with E-state index in [1.807, 2.05) is 29.5 Å². The smallest absolute Gasteiger partial charge is 0.270 e. The number of non-ortho nitro benzene ring substituents is 1. The number of nitro groups is 1. The summed E-state index contributed by atoms with van der Waals surface area (Å²) in [6.45, 7) is 1.98. The first-order valence-electron chi connectivity index (χ1n) is 8.28. The number of nitrogens with zero attached hydrogens (tertiary/aromatic N) is 4. The number of hydrogen-bond donors (Lipinski definition) is 0. The van der Waals surface area contributed by atoms with E-state index in [1.165, 1.54) is 30.0 Å². The largest absolute Gasteiger partial charge is 0.293 e. The van der Waals surface area contributed by atoms with Crippen molar-refractivity contribution in [3.63, 3.8) is 0 Å². The number of aryl methyl sites for hydroxylation is 1. The predicted molar refractivity (Wildman–Crippen MR) is 108 cm³/mol. The van der Waals surface area contributed by atoms with Crippen LogP contribution in [0.1, 0.15) is 15.9 Å². The van der Waals surface area contributed by atoms with Crippen molar-refractivity contribution in [1.29, 1.82) is 0 Å². The molecule has 0 spiro atoms. The number of pyridine rings is 1. The van der Waals surface area contributed by atoms with Crippen LogP contribution in [-0.4, -0.2) is 31.1 Å². The summed E-state index contributed by atoms with van der Waals surface area (Å²) in [7, 11) is 0. The molecule has 0 unspecified atom stereocenters. The van der Waals surface area contributed by atoms with Gasteiger partial charge in [-0.15, -0.1) is 10.2 Å². The van der Waals surface area contributed by atoms with Crippen LogP contribution in [0.3, 0.4) is 0 Å². The number of carbonyl (C=O) groups is 1. The summed E-state index contributed by atoms with van der Waals surface area (Å²) in [5.74, 6) is -0.129. The van der Waals surface area contributed by atoms with Gasteiger partial charge < -0.3 is 0 Å². The van der Waals surface area contributed by atoms with Crippen LogP contribution >= 0.6 is 23.4 Å². The Labute approximate surface area is 168 Å². The van der Waals surface area contributed by atoms with Crippen LogP contribution in [0.2, 0.25) is 5.02 Å². The molecule has 9 heteroatoms. The molecule has 4 aromatic rings. The molecular weight excluding hydrogens is 400 g/mol. The molecular formula is C19H13ClN4O3S. The number of ketones is 1. The van der Waals surface area contributed by atoms with Crippen molar-refractivity contribution in [2.45, 2.75) is 12.1 Å². The zero-order valence-corrected chi connectivity index (χ0v) is 16.2. The van der Waals surface area contributed by atoms with Crippen LogP contribution in [0.25, 0.3) is 16.6 Å². The molecule has 0 saturated heterocycles. The molecule has 0 fully saturated rings. The van der Waals surface area contributed by atoms with Gasteiger partial charge in [-0.25, -0.2) is 0 Å². The molecule has 0 aliphatic rings. The predicted octanol–water partition coefficient (Wildman–Crippen LogP) is 4.73. The Kier molecular flexibility index (Phi) is 4.74. The summed E-state index contributed by atoms with van der Waals surface area (Å²) >= 11 is 7.36. The number of rotatable bonds is 5. The molecule has 4 rings (SSSR count). The Hall–Kier alpha value is -2.97. The van der Waals surface area contributed by atoms with Crippen molar-refractivity contribution < 1.29 is 9.72 Å². The van der Waals surface area contributed by atoms with E-state index in [0.717, 1.165) is 16.5 Å². The molecule has 0 bridgehead atoms. The fourth-order valence-electron chi connectivity index (χ4n) is 2.99. The Morgan fingerprint density at radius 2 is 2.04 bits per heavy atom. The average Bonchev–Trinajstić information content (AvgIpc) is 3.09. The summed E-state index contributed by atoms with van der Waals surface area (Å²) in [5.41, 5.74) is 2.79. The number of halogens is 1. The van der Waals surface area contributed by atoms with E-state index in [0.29, 0.717) is 21.4 Å². The van der Waals surface area contributed by atoms with Gasteiger partial charge in [0.25, 0.3) is 5.69 Å². The molecule has 0 saturated carbocycles. The van der Waals surface area contributed by atoms with Gasteiger partial charge in [-0.2, -0.15) is 0 Å². The topological polar surface area (TPSA) is 90.4 Å². The molecule has 2 heterocycles. The Morgan fingerprint density at radius 3 is 2.82 bits per heavy atom. The lowest BCUT2D eigenvalue weighted by Gasteiger charge is -2.08. The molecule has 0 aliphatic heterocycles. The molecule has 140 valence electrons. The van der Waals surface area contributed by atoms with E-state index in [4.69, 9.17) is 11.6 Å². The van der Waals surface area contributed by atoms with E-state index in [-0.39, 0.29) is 17.2 Å². The van der Waals surface area contributed by atoms with Gasteiger partial charge in [0.2, 0.25) is 0 Å². The lowest BCUT2D eigenvalue weighted by Crippen LogP contribution is -2.04. The zero-order valence-electron chi connectivity index (χ0n) is 14.6. The first-order chi connectivity index (χ1) is 13.4. The second kappa shape index (κ2) is 7.21. The second-order valence-electron chi connectivity index (χ2n) is 6.18. The van der Waals surface area contributed by atoms with Crippen LogP contribution in [0.4, 0.5) is 5.69 Å². The molecule has 0 amide bonds. The second-order valence-corrected chi connectivity index (χ2v) is 7.56. The van der Waals surface area contributed by atoms with E-state index in [1.54, 1.807) is 12.1 Å². The lowest BCUT2D eigenvalue weighted by atomic mass is 10.1. The number of Topliss-reactive ketones (excluding diaryl/α,β-unsaturated/α-hetero) is 1. The normalized spacial score (nSPS) is 11.2. The summed E-state index contributed by atoms with van der Waals surface area (Å²) in [4.78, 5) is 22.9. The minimum atomic E-state index is -0.518. The summed E-state index contributed by atoms with van der Waals surface area (Å²) in [6.07, 6.45) is 0. The number of hydrogen-bond acceptors (Lipinski definition) is 6. The van der Waals surface area contributed by atoms with Gasteiger partial charge in [0, 0.05) is 28.1 Å². The highest BCUT2D eigenvalue weighted by atomic mass is 35.5. The third-order valence-corrected chi connectivity index (χ3v) is 5.50. The Morgan fingerprint density at radius 1 is 1.21 bits per heavy atom. The maximum atomic E-state index is 12.5. The summed E-state index contributed by atoms with van der Waals surface area (Å²) in [5, 5.41) is 21.5. The van der Waals surface area contributed by atoms with Crippen LogP contribution in [0.5, 0.6) is 0 Å². The lowest BCUT2D eigenvalue weighted by molar-refractivity contribution is -0.384. The molecule has 0 N–H and O–H groups in total. The van der Waals surface area contributed by atoms with Crippen molar-refractivity contribution in [3.8, 4) is 0 Å². The molecule has 2 aromatic heterocycles. The van der Waals surface area contributed by atoms with Crippen molar-refractivity contribution in [2.24, 2.45) is 0 Å². The highest BCUT2D eigenvalue weighted by molar-refractivity contribution is 7.99. The highest BCUT2D eigenvalue weighted by Crippen LogP contribution is 2.28. The molecule has 0 atom stereocenters. The molecule has 2 aromatic carbocycles. The van der Waals surface area contributed by atoms with E-state index >= 15 is 0 Å². The van der Waals surface area contributed by atoms with Gasteiger partial charge in [0.15, 0.2) is 16.6 Å². The molecule has 0 aliphatic carbocycles. The van der Waals surface area contributed by atoms with Crippen molar-refractivity contribution >= 4 is 51.4 Å². The monoisotopic (exact) mass is 412 g/mol. The quantitative estimate of drug-likeness (QED) is 0.204. The summed E-state index contributed by atoms with van der Waals surface area (Å²) in [6, 6.07) is 13.2. The minimum Gasteiger partial charge on any atom is -0.293 e. The van der Waals surface area contributed by atoms with E-state index in [9.17, 15) is 14.9 Å². The number of benzene rings is 2. The number of nitro benzene ring substituents is 1. The number of thioether (sulfide) groups is 1. The zero-order chi connectivity index (χ0) is 19.8. The Balaban J connectivity index is 1.66. The first-order valence-corrected chi connectivity index (χ1v) is 9.65. The van der Waals surface area contributed by atoms with Crippen LogP contribution in [-0.2, 0) is 0 Å². The fourth-order valence-corrected chi connectivity index (χ4v) is 4.01. The number of aromatic nitrogens is 3. The van der Waals surface area contributed by atoms with Gasteiger partial charge in [-0.1, -0.05) is 35.5 Å². The maximum absolute atomic E-state index is 12.5. The fraction of sp³-hybridized carbons (Fsp3) is 0.105. The number of fused-ring (bicyclic) bond motifs is 3. The van der Waals surface area contributed by atoms with Gasteiger partial charge >= 0.3 is 0 Å². The van der Waals surface area contributed by atoms with Crippen molar-refractivity contribution in [1.82, 2.24) is 14.6 Å². The summed E-state index contributed by atoms with van der Waals surface area (Å²) < 4.78 is 1.88. The molecule has 7 nitrogen and oxygen atoms in total. The first kappa shape index (κ1) is 18.4. The van der Waals surface area contributed by atoms with Crippen LogP contribution in [0.15, 0.2) is 53.7 Å². The highest BCUT2D eigenvalue weighted by Gasteiger charge is 2.16. The van der Waals surface area contributed by atoms with Crippen LogP contribution in [0, 0.1) is 17.0 Å². The Bertz CT molecular complexity index is 1250. The van der Waals surface area contributed by atoms with Gasteiger partial charge in [0.05, 0.1) is 16.2 Å². The average molecular weight is 413 g/mol. The SMILES string of the molecule is Cc1cc2nnc(SCC(=O)c3cccc([N+](=O)[O-])c3)n2c2ccc(Cl)cc12. The van der Waals surface area contributed by atoms with Crippen molar-refractivity contribution in [3.05, 3.63) is 74.8 Å².